The Bertz CT molecular complexity index is 1310. The van der Waals surface area contributed by atoms with E-state index in [9.17, 15) is 9.59 Å². The minimum absolute atomic E-state index is 0.117. The normalized spacial score (nSPS) is 10.9. The Kier molecular flexibility index (Phi) is 6.39. The molecule has 0 saturated carbocycles. The number of amides is 1. The highest BCUT2D eigenvalue weighted by Crippen LogP contribution is 2.24. The van der Waals surface area contributed by atoms with E-state index in [4.69, 9.17) is 11.6 Å². The topological polar surface area (TPSA) is 64.0 Å². The number of aromatic nitrogens is 2. The third kappa shape index (κ3) is 4.81. The Balaban J connectivity index is 1.61. The Labute approximate surface area is 189 Å². The van der Waals surface area contributed by atoms with E-state index in [1.54, 1.807) is 22.8 Å². The number of fused-ring (bicyclic) bond motifs is 1. The summed E-state index contributed by atoms with van der Waals surface area (Å²) in [6.45, 7) is 2.24. The van der Waals surface area contributed by atoms with Crippen molar-refractivity contribution in [3.63, 3.8) is 0 Å². The molecule has 0 saturated heterocycles. The van der Waals surface area contributed by atoms with Crippen LogP contribution in [0.5, 0.6) is 0 Å². The summed E-state index contributed by atoms with van der Waals surface area (Å²) < 4.78 is 1.63. The van der Waals surface area contributed by atoms with Crippen LogP contribution in [0.15, 0.2) is 82.7 Å². The number of carbonyl (C=O) groups is 1. The van der Waals surface area contributed by atoms with Gasteiger partial charge >= 0.3 is 0 Å². The molecule has 1 amide bonds. The van der Waals surface area contributed by atoms with Gasteiger partial charge in [0.15, 0.2) is 5.16 Å². The lowest BCUT2D eigenvalue weighted by atomic mass is 10.2. The summed E-state index contributed by atoms with van der Waals surface area (Å²) in [7, 11) is 0. The van der Waals surface area contributed by atoms with Gasteiger partial charge < -0.3 is 5.32 Å². The van der Waals surface area contributed by atoms with Crippen molar-refractivity contribution in [1.82, 2.24) is 9.55 Å². The average molecular weight is 450 g/mol. The van der Waals surface area contributed by atoms with Crippen molar-refractivity contribution in [2.45, 2.75) is 18.6 Å². The van der Waals surface area contributed by atoms with E-state index in [0.29, 0.717) is 33.3 Å². The zero-order valence-electron chi connectivity index (χ0n) is 16.8. The first-order valence-electron chi connectivity index (χ1n) is 9.74. The number of anilines is 1. The lowest BCUT2D eigenvalue weighted by Crippen LogP contribution is -2.25. The van der Waals surface area contributed by atoms with Crippen LogP contribution in [0.2, 0.25) is 5.02 Å². The van der Waals surface area contributed by atoms with Crippen LogP contribution in [0, 0.1) is 6.92 Å². The SMILES string of the molecule is Cc1c(Cl)cccc1NC(=O)CSc1nc2ccccc2c(=O)n1Cc1ccccc1. The number of hydrogen-bond donors (Lipinski definition) is 1. The van der Waals surface area contributed by atoms with Gasteiger partial charge in [0.05, 0.1) is 23.2 Å². The fourth-order valence-electron chi connectivity index (χ4n) is 3.22. The van der Waals surface area contributed by atoms with E-state index < -0.39 is 0 Å². The maximum Gasteiger partial charge on any atom is 0.262 e. The van der Waals surface area contributed by atoms with Gasteiger partial charge in [-0.05, 0) is 42.3 Å². The fraction of sp³-hybridized carbons (Fsp3) is 0.125. The van der Waals surface area contributed by atoms with Crippen LogP contribution in [0.3, 0.4) is 0 Å². The molecule has 0 radical (unpaired) electrons. The molecule has 4 rings (SSSR count). The molecule has 0 spiro atoms. The molecule has 5 nitrogen and oxygen atoms in total. The van der Waals surface area contributed by atoms with E-state index in [1.807, 2.05) is 61.5 Å². The van der Waals surface area contributed by atoms with Crippen LogP contribution in [-0.2, 0) is 11.3 Å². The zero-order valence-corrected chi connectivity index (χ0v) is 18.4. The molecule has 3 aromatic carbocycles. The van der Waals surface area contributed by atoms with Gasteiger partial charge in [-0.2, -0.15) is 0 Å². The first kappa shape index (κ1) is 21.2. The summed E-state index contributed by atoms with van der Waals surface area (Å²) in [5.74, 6) is -0.0741. The van der Waals surface area contributed by atoms with E-state index in [2.05, 4.69) is 10.3 Å². The number of benzene rings is 3. The van der Waals surface area contributed by atoms with Crippen LogP contribution in [0.1, 0.15) is 11.1 Å². The summed E-state index contributed by atoms with van der Waals surface area (Å²) >= 11 is 7.38. The quantitative estimate of drug-likeness (QED) is 0.327. The zero-order chi connectivity index (χ0) is 21.8. The number of para-hydroxylation sites is 1. The second-order valence-corrected chi connectivity index (χ2v) is 8.39. The molecule has 31 heavy (non-hydrogen) atoms. The lowest BCUT2D eigenvalue weighted by Gasteiger charge is -2.14. The minimum Gasteiger partial charge on any atom is -0.325 e. The van der Waals surface area contributed by atoms with E-state index in [0.717, 1.165) is 11.1 Å². The van der Waals surface area contributed by atoms with Gasteiger partial charge in [0.25, 0.3) is 5.56 Å². The van der Waals surface area contributed by atoms with Crippen LogP contribution in [-0.4, -0.2) is 21.2 Å². The second-order valence-electron chi connectivity index (χ2n) is 7.04. The van der Waals surface area contributed by atoms with Crippen molar-refractivity contribution in [2.24, 2.45) is 0 Å². The first-order valence-corrected chi connectivity index (χ1v) is 11.1. The third-order valence-electron chi connectivity index (χ3n) is 4.88. The number of rotatable bonds is 6. The van der Waals surface area contributed by atoms with Crippen molar-refractivity contribution in [2.75, 3.05) is 11.1 Å². The van der Waals surface area contributed by atoms with Crippen molar-refractivity contribution in [1.29, 1.82) is 0 Å². The Morgan fingerprint density at radius 1 is 1.03 bits per heavy atom. The van der Waals surface area contributed by atoms with Gasteiger partial charge in [-0.3, -0.25) is 14.2 Å². The highest BCUT2D eigenvalue weighted by atomic mass is 35.5. The summed E-state index contributed by atoms with van der Waals surface area (Å²) in [6, 6.07) is 22.4. The molecule has 1 heterocycles. The number of nitrogens with zero attached hydrogens (tertiary/aromatic N) is 2. The number of carbonyl (C=O) groups excluding carboxylic acids is 1. The van der Waals surface area contributed by atoms with Crippen LogP contribution in [0.25, 0.3) is 10.9 Å². The molecule has 4 aromatic rings. The maximum atomic E-state index is 13.2. The monoisotopic (exact) mass is 449 g/mol. The molecular formula is C24H20ClN3O2S. The summed E-state index contributed by atoms with van der Waals surface area (Å²) in [5.41, 5.74) is 2.97. The van der Waals surface area contributed by atoms with E-state index in [-0.39, 0.29) is 17.2 Å². The van der Waals surface area contributed by atoms with Gasteiger partial charge in [-0.25, -0.2) is 4.98 Å². The average Bonchev–Trinajstić information content (AvgIpc) is 2.78. The molecule has 0 unspecified atom stereocenters. The molecule has 1 N–H and O–H groups in total. The molecule has 0 atom stereocenters. The van der Waals surface area contributed by atoms with Crippen LogP contribution < -0.4 is 10.9 Å². The molecule has 1 aromatic heterocycles. The predicted molar refractivity (Wildman–Crippen MR) is 127 cm³/mol. The third-order valence-corrected chi connectivity index (χ3v) is 6.27. The smallest absolute Gasteiger partial charge is 0.262 e. The number of thioether (sulfide) groups is 1. The highest BCUT2D eigenvalue weighted by Gasteiger charge is 2.14. The van der Waals surface area contributed by atoms with Gasteiger partial charge in [0.2, 0.25) is 5.91 Å². The van der Waals surface area contributed by atoms with Crippen molar-refractivity contribution < 1.29 is 4.79 Å². The number of hydrogen-bond acceptors (Lipinski definition) is 4. The second kappa shape index (κ2) is 9.37. The molecule has 0 aliphatic rings. The largest absolute Gasteiger partial charge is 0.325 e. The summed E-state index contributed by atoms with van der Waals surface area (Å²) in [4.78, 5) is 30.4. The standard InChI is InChI=1S/C24H20ClN3O2S/c1-16-19(25)11-7-13-20(16)26-22(29)15-31-24-27-21-12-6-5-10-18(21)23(30)28(24)14-17-8-3-2-4-9-17/h2-13H,14-15H2,1H3,(H,26,29). The predicted octanol–water partition coefficient (Wildman–Crippen LogP) is 5.14. The molecule has 0 aliphatic carbocycles. The molecule has 156 valence electrons. The Morgan fingerprint density at radius 3 is 2.58 bits per heavy atom. The van der Waals surface area contributed by atoms with E-state index >= 15 is 0 Å². The summed E-state index contributed by atoms with van der Waals surface area (Å²) in [6.07, 6.45) is 0. The van der Waals surface area contributed by atoms with Gasteiger partial charge in [0.1, 0.15) is 0 Å². The van der Waals surface area contributed by atoms with Gasteiger partial charge in [0, 0.05) is 10.7 Å². The van der Waals surface area contributed by atoms with E-state index in [1.165, 1.54) is 11.8 Å². The number of halogens is 1. The molecule has 7 heteroatoms. The Hall–Kier alpha value is -3.09. The van der Waals surface area contributed by atoms with Crippen molar-refractivity contribution >= 4 is 45.9 Å². The Morgan fingerprint density at radius 2 is 1.77 bits per heavy atom. The molecular weight excluding hydrogens is 430 g/mol. The van der Waals surface area contributed by atoms with Crippen LogP contribution in [0.4, 0.5) is 5.69 Å². The first-order chi connectivity index (χ1) is 15.0. The minimum atomic E-state index is -0.191. The molecule has 0 fully saturated rings. The fourth-order valence-corrected chi connectivity index (χ4v) is 4.20. The van der Waals surface area contributed by atoms with Gasteiger partial charge in [-0.15, -0.1) is 0 Å². The van der Waals surface area contributed by atoms with Crippen molar-refractivity contribution in [3.8, 4) is 0 Å². The van der Waals surface area contributed by atoms with Crippen LogP contribution >= 0.6 is 23.4 Å². The molecule has 0 bridgehead atoms. The number of nitrogens with one attached hydrogen (secondary N) is 1. The molecule has 0 aliphatic heterocycles. The lowest BCUT2D eigenvalue weighted by molar-refractivity contribution is -0.113. The highest BCUT2D eigenvalue weighted by molar-refractivity contribution is 7.99. The van der Waals surface area contributed by atoms with Crippen molar-refractivity contribution in [3.05, 3.63) is 99.3 Å². The van der Waals surface area contributed by atoms with Gasteiger partial charge in [-0.1, -0.05) is 71.9 Å². The maximum absolute atomic E-state index is 13.2. The summed E-state index contributed by atoms with van der Waals surface area (Å²) in [5, 5.41) is 4.54.